The molecule has 0 bridgehead atoms. The number of carboxylic acid groups (broad SMARTS) is 1. The van der Waals surface area contributed by atoms with E-state index in [-0.39, 0.29) is 11.2 Å². The molecule has 0 amide bonds. The van der Waals surface area contributed by atoms with Gasteiger partial charge in [0.1, 0.15) is 0 Å². The molecule has 0 aliphatic heterocycles. The first-order valence-corrected chi connectivity index (χ1v) is 4.66. The molecule has 1 aromatic rings. The monoisotopic (exact) mass is 209 g/mol. The van der Waals surface area contributed by atoms with Gasteiger partial charge in [0.05, 0.1) is 16.9 Å². The van der Waals surface area contributed by atoms with E-state index in [0.717, 1.165) is 0 Å². The molecule has 0 fully saturated rings. The van der Waals surface area contributed by atoms with Crippen molar-refractivity contribution in [1.82, 2.24) is 0 Å². The van der Waals surface area contributed by atoms with Gasteiger partial charge in [-0.2, -0.15) is 0 Å². The van der Waals surface area contributed by atoms with Crippen molar-refractivity contribution in [3.8, 4) is 0 Å². The van der Waals surface area contributed by atoms with Crippen molar-refractivity contribution in [2.24, 2.45) is 0 Å². The fourth-order valence-corrected chi connectivity index (χ4v) is 0.967. The average Bonchev–Trinajstić information content (AvgIpc) is 2.14. The van der Waals surface area contributed by atoms with Crippen LogP contribution in [-0.2, 0) is 4.84 Å². The summed E-state index contributed by atoms with van der Waals surface area (Å²) in [6, 6.07) is 6.61. The molecular weight excluding hydrogens is 194 g/mol. The second-order valence-corrected chi connectivity index (χ2v) is 4.17. The summed E-state index contributed by atoms with van der Waals surface area (Å²) in [5.74, 6) is -0.976. The molecule has 82 valence electrons. The minimum atomic E-state index is -0.976. The number of para-hydroxylation sites is 1. The normalized spacial score (nSPS) is 11.1. The quantitative estimate of drug-likeness (QED) is 0.751. The Labute approximate surface area is 88.8 Å². The molecule has 0 heterocycles. The summed E-state index contributed by atoms with van der Waals surface area (Å²) < 4.78 is 0. The summed E-state index contributed by atoms with van der Waals surface area (Å²) in [4.78, 5) is 16.1. The molecule has 0 spiro atoms. The van der Waals surface area contributed by atoms with Gasteiger partial charge in [0.25, 0.3) is 0 Å². The van der Waals surface area contributed by atoms with Gasteiger partial charge in [-0.15, -0.1) is 0 Å². The van der Waals surface area contributed by atoms with Crippen molar-refractivity contribution in [3.63, 3.8) is 0 Å². The minimum Gasteiger partial charge on any atom is -0.478 e. The van der Waals surface area contributed by atoms with E-state index in [2.05, 4.69) is 5.48 Å². The van der Waals surface area contributed by atoms with Gasteiger partial charge in [-0.05, 0) is 32.9 Å². The van der Waals surface area contributed by atoms with Gasteiger partial charge >= 0.3 is 5.97 Å². The SMILES string of the molecule is CC(C)(C)ONc1ccccc1C(=O)O. The standard InChI is InChI=1S/C11H15NO3/c1-11(2,3)15-12-9-7-5-4-6-8(9)10(13)14/h4-7,12H,1-3H3,(H,13,14). The maximum atomic E-state index is 10.9. The zero-order valence-electron chi connectivity index (χ0n) is 9.07. The summed E-state index contributed by atoms with van der Waals surface area (Å²) in [7, 11) is 0. The zero-order chi connectivity index (χ0) is 11.5. The van der Waals surface area contributed by atoms with Crippen LogP contribution >= 0.6 is 0 Å². The highest BCUT2D eigenvalue weighted by Gasteiger charge is 2.13. The number of hydrogen-bond donors (Lipinski definition) is 2. The average molecular weight is 209 g/mol. The molecule has 1 rings (SSSR count). The third kappa shape index (κ3) is 3.59. The molecule has 0 unspecified atom stereocenters. The third-order valence-corrected chi connectivity index (χ3v) is 1.62. The lowest BCUT2D eigenvalue weighted by molar-refractivity contribution is 0.0368. The number of rotatable bonds is 3. The molecular formula is C11H15NO3. The van der Waals surface area contributed by atoms with Gasteiger partial charge in [-0.3, -0.25) is 10.3 Å². The van der Waals surface area contributed by atoms with Crippen LogP contribution in [0, 0.1) is 0 Å². The third-order valence-electron chi connectivity index (χ3n) is 1.62. The Morgan fingerprint density at radius 3 is 2.47 bits per heavy atom. The zero-order valence-corrected chi connectivity index (χ0v) is 9.07. The number of carbonyl (C=O) groups is 1. The highest BCUT2D eigenvalue weighted by atomic mass is 16.7. The van der Waals surface area contributed by atoms with Gasteiger partial charge < -0.3 is 5.11 Å². The smallest absolute Gasteiger partial charge is 0.337 e. The van der Waals surface area contributed by atoms with E-state index >= 15 is 0 Å². The number of benzene rings is 1. The molecule has 2 N–H and O–H groups in total. The summed E-state index contributed by atoms with van der Waals surface area (Å²) in [5.41, 5.74) is 2.94. The maximum absolute atomic E-state index is 10.9. The number of hydrogen-bond acceptors (Lipinski definition) is 3. The first kappa shape index (κ1) is 11.5. The second-order valence-electron chi connectivity index (χ2n) is 4.17. The van der Waals surface area contributed by atoms with Gasteiger partial charge in [0.15, 0.2) is 0 Å². The summed E-state index contributed by atoms with van der Waals surface area (Å²) in [5, 5.41) is 8.90. The van der Waals surface area contributed by atoms with Crippen LogP contribution in [0.4, 0.5) is 5.69 Å². The van der Waals surface area contributed by atoms with Crippen molar-refractivity contribution >= 4 is 11.7 Å². The Morgan fingerprint density at radius 2 is 1.93 bits per heavy atom. The van der Waals surface area contributed by atoms with Crippen LogP contribution in [0.15, 0.2) is 24.3 Å². The van der Waals surface area contributed by atoms with Crippen LogP contribution in [-0.4, -0.2) is 16.7 Å². The fraction of sp³-hybridized carbons (Fsp3) is 0.364. The lowest BCUT2D eigenvalue weighted by atomic mass is 10.2. The Kier molecular flexibility index (Phi) is 3.31. The highest BCUT2D eigenvalue weighted by molar-refractivity contribution is 5.93. The van der Waals surface area contributed by atoms with Crippen LogP contribution in [0.3, 0.4) is 0 Å². The predicted octanol–water partition coefficient (Wildman–Crippen LogP) is 2.53. The van der Waals surface area contributed by atoms with Gasteiger partial charge in [0, 0.05) is 0 Å². The lowest BCUT2D eigenvalue weighted by Crippen LogP contribution is -2.23. The molecule has 0 aromatic heterocycles. The molecule has 4 heteroatoms. The molecule has 0 aliphatic carbocycles. The highest BCUT2D eigenvalue weighted by Crippen LogP contribution is 2.17. The Bertz CT molecular complexity index is 355. The lowest BCUT2D eigenvalue weighted by Gasteiger charge is -2.20. The van der Waals surface area contributed by atoms with E-state index in [1.807, 2.05) is 20.8 Å². The maximum Gasteiger partial charge on any atom is 0.337 e. The number of nitrogens with one attached hydrogen (secondary N) is 1. The van der Waals surface area contributed by atoms with Crippen LogP contribution in [0.1, 0.15) is 31.1 Å². The largest absolute Gasteiger partial charge is 0.478 e. The first-order valence-electron chi connectivity index (χ1n) is 4.66. The molecule has 0 aliphatic rings. The van der Waals surface area contributed by atoms with Crippen molar-refractivity contribution in [2.75, 3.05) is 5.48 Å². The van der Waals surface area contributed by atoms with Crippen LogP contribution < -0.4 is 5.48 Å². The second kappa shape index (κ2) is 4.31. The van der Waals surface area contributed by atoms with Crippen molar-refractivity contribution in [1.29, 1.82) is 0 Å². The van der Waals surface area contributed by atoms with E-state index in [4.69, 9.17) is 9.94 Å². The Hall–Kier alpha value is -1.55. The molecule has 0 radical (unpaired) electrons. The van der Waals surface area contributed by atoms with E-state index in [1.165, 1.54) is 6.07 Å². The van der Waals surface area contributed by atoms with E-state index in [9.17, 15) is 4.79 Å². The number of anilines is 1. The molecule has 1 aromatic carbocycles. The van der Waals surface area contributed by atoms with E-state index in [1.54, 1.807) is 18.2 Å². The van der Waals surface area contributed by atoms with Crippen LogP contribution in [0.2, 0.25) is 0 Å². The predicted molar refractivity (Wildman–Crippen MR) is 57.9 cm³/mol. The van der Waals surface area contributed by atoms with Gasteiger partial charge in [-0.25, -0.2) is 4.79 Å². The number of aromatic carboxylic acids is 1. The number of carboxylic acids is 1. The van der Waals surface area contributed by atoms with Gasteiger partial charge in [0.2, 0.25) is 0 Å². The Balaban J connectivity index is 2.81. The summed E-state index contributed by atoms with van der Waals surface area (Å²) in [6.07, 6.45) is 0. The molecule has 0 saturated heterocycles. The molecule has 0 saturated carbocycles. The van der Waals surface area contributed by atoms with Crippen LogP contribution in [0.5, 0.6) is 0 Å². The van der Waals surface area contributed by atoms with E-state index in [0.29, 0.717) is 5.69 Å². The summed E-state index contributed by atoms with van der Waals surface area (Å²) >= 11 is 0. The fourth-order valence-electron chi connectivity index (χ4n) is 0.967. The molecule has 15 heavy (non-hydrogen) atoms. The summed E-state index contributed by atoms with van der Waals surface area (Å²) in [6.45, 7) is 5.64. The molecule has 4 nitrogen and oxygen atoms in total. The van der Waals surface area contributed by atoms with Crippen LogP contribution in [0.25, 0.3) is 0 Å². The first-order chi connectivity index (χ1) is 6.90. The topological polar surface area (TPSA) is 58.6 Å². The van der Waals surface area contributed by atoms with E-state index < -0.39 is 5.97 Å². The Morgan fingerprint density at radius 1 is 1.33 bits per heavy atom. The minimum absolute atomic E-state index is 0.196. The van der Waals surface area contributed by atoms with Crippen molar-refractivity contribution in [3.05, 3.63) is 29.8 Å². The van der Waals surface area contributed by atoms with Crippen molar-refractivity contribution < 1.29 is 14.7 Å². The van der Waals surface area contributed by atoms with Crippen molar-refractivity contribution in [2.45, 2.75) is 26.4 Å². The van der Waals surface area contributed by atoms with Gasteiger partial charge in [-0.1, -0.05) is 12.1 Å². The molecule has 0 atom stereocenters.